The van der Waals surface area contributed by atoms with Crippen LogP contribution in [0, 0.1) is 0 Å². The van der Waals surface area contributed by atoms with Gasteiger partial charge in [-0.1, -0.05) is 18.2 Å². The van der Waals surface area contributed by atoms with E-state index in [1.807, 2.05) is 0 Å². The van der Waals surface area contributed by atoms with Crippen LogP contribution in [0.2, 0.25) is 0 Å². The molecule has 13 heavy (non-hydrogen) atoms. The van der Waals surface area contributed by atoms with Gasteiger partial charge in [0.2, 0.25) is 0 Å². The molecule has 0 aromatic rings. The Morgan fingerprint density at radius 2 is 2.23 bits per heavy atom. The molecule has 0 aliphatic heterocycles. The van der Waals surface area contributed by atoms with Gasteiger partial charge in [-0.15, -0.1) is 0 Å². The van der Waals surface area contributed by atoms with Gasteiger partial charge in [-0.05, 0) is 30.7 Å². The van der Waals surface area contributed by atoms with Crippen molar-refractivity contribution >= 4 is 17.4 Å². The van der Waals surface area contributed by atoms with Crippen molar-refractivity contribution in [3.63, 3.8) is 0 Å². The lowest BCUT2D eigenvalue weighted by Gasteiger charge is -2.15. The smallest absolute Gasteiger partial charge is 0.163 e. The van der Waals surface area contributed by atoms with Crippen LogP contribution in [0.25, 0.3) is 0 Å². The Hall–Kier alpha value is -1.02. The molecular formula is C10H12ClNO. The number of hydrogen-bond donors (Lipinski definition) is 1. The first-order valence-corrected chi connectivity index (χ1v) is 4.53. The van der Waals surface area contributed by atoms with Gasteiger partial charge in [-0.2, -0.15) is 0 Å². The third-order valence-electron chi connectivity index (χ3n) is 2.00. The molecule has 0 aromatic heterocycles. The molecule has 70 valence electrons. The normalized spacial score (nSPS) is 23.9. The number of carbonyl (C=O) groups is 1. The zero-order valence-electron chi connectivity index (χ0n) is 7.35. The maximum Gasteiger partial charge on any atom is 0.163 e. The van der Waals surface area contributed by atoms with Gasteiger partial charge in [0.25, 0.3) is 0 Å². The largest absolute Gasteiger partial charge is 0.404 e. The number of halogens is 1. The molecule has 2 N–H and O–H groups in total. The predicted molar refractivity (Wildman–Crippen MR) is 54.2 cm³/mol. The van der Waals surface area contributed by atoms with Crippen LogP contribution < -0.4 is 5.73 Å². The highest BCUT2D eigenvalue weighted by molar-refractivity contribution is 6.31. The van der Waals surface area contributed by atoms with E-state index < -0.39 is 0 Å². The molecule has 0 amide bonds. The molecule has 1 aliphatic carbocycles. The summed E-state index contributed by atoms with van der Waals surface area (Å²) in [6.07, 6.45) is 5.35. The monoisotopic (exact) mass is 197 g/mol. The second kappa shape index (κ2) is 4.28. The first-order chi connectivity index (χ1) is 6.15. The molecule has 1 rings (SSSR count). The lowest BCUT2D eigenvalue weighted by molar-refractivity contribution is -0.115. The zero-order chi connectivity index (χ0) is 9.84. The molecule has 0 heterocycles. The van der Waals surface area contributed by atoms with Crippen LogP contribution in [0.3, 0.4) is 0 Å². The van der Waals surface area contributed by atoms with Gasteiger partial charge in [-0.25, -0.2) is 0 Å². The summed E-state index contributed by atoms with van der Waals surface area (Å²) in [6.45, 7) is 3.52. The molecule has 0 unspecified atom stereocenters. The van der Waals surface area contributed by atoms with Crippen molar-refractivity contribution in [1.29, 1.82) is 0 Å². The van der Waals surface area contributed by atoms with Crippen LogP contribution in [0.4, 0.5) is 0 Å². The van der Waals surface area contributed by atoms with Gasteiger partial charge in [-0.3, -0.25) is 4.79 Å². The number of hydrogen-bond acceptors (Lipinski definition) is 2. The zero-order valence-corrected chi connectivity index (χ0v) is 8.10. The third kappa shape index (κ3) is 2.46. The van der Waals surface area contributed by atoms with Crippen molar-refractivity contribution in [3.05, 3.63) is 35.0 Å². The highest BCUT2D eigenvalue weighted by Gasteiger charge is 2.19. The van der Waals surface area contributed by atoms with E-state index >= 15 is 0 Å². The van der Waals surface area contributed by atoms with Gasteiger partial charge in [0.15, 0.2) is 5.78 Å². The van der Waals surface area contributed by atoms with Crippen LogP contribution in [-0.2, 0) is 4.79 Å². The van der Waals surface area contributed by atoms with E-state index in [2.05, 4.69) is 6.58 Å². The fourth-order valence-corrected chi connectivity index (χ4v) is 1.50. The van der Waals surface area contributed by atoms with Crippen molar-refractivity contribution in [2.75, 3.05) is 0 Å². The van der Waals surface area contributed by atoms with Crippen LogP contribution >= 0.6 is 11.6 Å². The average molecular weight is 198 g/mol. The predicted octanol–water partition coefficient (Wildman–Crippen LogP) is 2.26. The number of rotatable bonds is 1. The highest BCUT2D eigenvalue weighted by atomic mass is 35.5. The Labute approximate surface area is 82.8 Å². The summed E-state index contributed by atoms with van der Waals surface area (Å²) in [5.74, 6) is 0.102. The number of nitrogens with two attached hydrogens (primary N) is 1. The van der Waals surface area contributed by atoms with Gasteiger partial charge in [0, 0.05) is 17.0 Å². The number of carbonyl (C=O) groups excluding carboxylic acids is 1. The van der Waals surface area contributed by atoms with Gasteiger partial charge < -0.3 is 5.73 Å². The molecule has 1 aliphatic rings. The Balaban J connectivity index is 2.99. The molecule has 0 atom stereocenters. The second-order valence-corrected chi connectivity index (χ2v) is 3.46. The minimum atomic E-state index is 0.102. The maximum atomic E-state index is 11.4. The Bertz CT molecular complexity index is 302. The quantitative estimate of drug-likeness (QED) is 0.656. The van der Waals surface area contributed by atoms with E-state index in [-0.39, 0.29) is 5.78 Å². The van der Waals surface area contributed by atoms with Gasteiger partial charge >= 0.3 is 0 Å². The van der Waals surface area contributed by atoms with Crippen molar-refractivity contribution in [3.8, 4) is 0 Å². The van der Waals surface area contributed by atoms with Crippen molar-refractivity contribution in [1.82, 2.24) is 0 Å². The Morgan fingerprint density at radius 3 is 2.77 bits per heavy atom. The first-order valence-electron chi connectivity index (χ1n) is 4.15. The van der Waals surface area contributed by atoms with E-state index in [0.717, 1.165) is 18.4 Å². The number of allylic oxidation sites excluding steroid dienone is 4. The summed E-state index contributed by atoms with van der Waals surface area (Å²) in [4.78, 5) is 11.4. The standard InChI is InChI=1S/C10H12ClNO/c1-7(11)5-9-8(6-12)3-2-4-10(9)13/h5-6H,1-4,12H2/b8-6-,9-5+. The topological polar surface area (TPSA) is 43.1 Å². The van der Waals surface area contributed by atoms with E-state index in [4.69, 9.17) is 17.3 Å². The summed E-state index contributed by atoms with van der Waals surface area (Å²) in [6, 6.07) is 0. The van der Waals surface area contributed by atoms with Crippen LogP contribution in [-0.4, -0.2) is 5.78 Å². The van der Waals surface area contributed by atoms with Gasteiger partial charge in [0.1, 0.15) is 0 Å². The van der Waals surface area contributed by atoms with Crippen LogP contribution in [0.15, 0.2) is 35.0 Å². The minimum Gasteiger partial charge on any atom is -0.404 e. The fourth-order valence-electron chi connectivity index (χ4n) is 1.39. The van der Waals surface area contributed by atoms with Crippen molar-refractivity contribution < 1.29 is 4.79 Å². The Morgan fingerprint density at radius 1 is 1.54 bits per heavy atom. The summed E-state index contributed by atoms with van der Waals surface area (Å²) >= 11 is 5.61. The number of Topliss-reactive ketones (excluding diaryl/α,β-unsaturated/α-hetero) is 1. The molecular weight excluding hydrogens is 186 g/mol. The van der Waals surface area contributed by atoms with Crippen molar-refractivity contribution in [2.24, 2.45) is 5.73 Å². The van der Waals surface area contributed by atoms with Crippen LogP contribution in [0.5, 0.6) is 0 Å². The number of ketones is 1. The summed E-state index contributed by atoms with van der Waals surface area (Å²) in [7, 11) is 0. The maximum absolute atomic E-state index is 11.4. The SMILES string of the molecule is C=C(Cl)/C=C1/C(=O)CCC/C1=C/N. The summed E-state index contributed by atoms with van der Waals surface area (Å²) in [5.41, 5.74) is 6.90. The summed E-state index contributed by atoms with van der Waals surface area (Å²) in [5, 5.41) is 0.365. The molecule has 0 spiro atoms. The second-order valence-electron chi connectivity index (χ2n) is 2.97. The lowest BCUT2D eigenvalue weighted by atomic mass is 9.89. The Kier molecular flexibility index (Phi) is 3.32. The molecule has 0 radical (unpaired) electrons. The van der Waals surface area contributed by atoms with E-state index in [9.17, 15) is 4.79 Å². The minimum absolute atomic E-state index is 0.102. The molecule has 0 aromatic carbocycles. The van der Waals surface area contributed by atoms with E-state index in [1.54, 1.807) is 6.08 Å². The third-order valence-corrected chi connectivity index (χ3v) is 2.11. The highest BCUT2D eigenvalue weighted by Crippen LogP contribution is 2.26. The van der Waals surface area contributed by atoms with Gasteiger partial charge in [0.05, 0.1) is 0 Å². The van der Waals surface area contributed by atoms with Crippen molar-refractivity contribution in [2.45, 2.75) is 19.3 Å². The average Bonchev–Trinajstić information content (AvgIpc) is 2.08. The lowest BCUT2D eigenvalue weighted by Crippen LogP contribution is -2.12. The summed E-state index contributed by atoms with van der Waals surface area (Å²) < 4.78 is 0. The molecule has 0 saturated heterocycles. The molecule has 2 nitrogen and oxygen atoms in total. The molecule has 3 heteroatoms. The van der Waals surface area contributed by atoms with E-state index in [0.29, 0.717) is 17.0 Å². The molecule has 0 bridgehead atoms. The first kappa shape index (κ1) is 10.1. The van der Waals surface area contributed by atoms with Crippen LogP contribution in [0.1, 0.15) is 19.3 Å². The molecule has 1 fully saturated rings. The van der Waals surface area contributed by atoms with E-state index in [1.165, 1.54) is 6.20 Å². The molecule has 1 saturated carbocycles. The fraction of sp³-hybridized carbons (Fsp3) is 0.300.